The summed E-state index contributed by atoms with van der Waals surface area (Å²) in [5.41, 5.74) is 3.39. The molecule has 2 aromatic heterocycles. The molecule has 2 bridgehead atoms. The highest BCUT2D eigenvalue weighted by molar-refractivity contribution is 5.94. The average molecular weight is 477 g/mol. The molecule has 3 aromatic rings. The predicted octanol–water partition coefficient (Wildman–Crippen LogP) is 3.92. The fourth-order valence-electron chi connectivity index (χ4n) is 5.95. The van der Waals surface area contributed by atoms with Crippen molar-refractivity contribution in [3.63, 3.8) is 0 Å². The van der Waals surface area contributed by atoms with E-state index in [1.807, 2.05) is 26.8 Å². The van der Waals surface area contributed by atoms with Crippen LogP contribution in [-0.4, -0.2) is 44.8 Å². The van der Waals surface area contributed by atoms with Crippen molar-refractivity contribution in [2.24, 2.45) is 5.41 Å². The summed E-state index contributed by atoms with van der Waals surface area (Å²) in [7, 11) is 0. The number of aryl methyl sites for hydroxylation is 1. The molecule has 1 aliphatic carbocycles. The summed E-state index contributed by atoms with van der Waals surface area (Å²) < 4.78 is 1.61. The van der Waals surface area contributed by atoms with Gasteiger partial charge in [0.25, 0.3) is 5.56 Å². The van der Waals surface area contributed by atoms with Gasteiger partial charge >= 0.3 is 5.97 Å². The molecule has 35 heavy (non-hydrogen) atoms. The number of hydrogen-bond acceptors (Lipinski definition) is 6. The Labute approximate surface area is 204 Å². The summed E-state index contributed by atoms with van der Waals surface area (Å²) in [4.78, 5) is 32.5. The molecule has 0 radical (unpaired) electrons. The minimum Gasteiger partial charge on any atom is -0.478 e. The number of carbonyl (C=O) groups is 1. The lowest BCUT2D eigenvalue weighted by atomic mass is 9.76. The van der Waals surface area contributed by atoms with Gasteiger partial charge in [0.15, 0.2) is 0 Å². The summed E-state index contributed by atoms with van der Waals surface area (Å²) in [6.45, 7) is 6.57. The SMILES string of the molecule is Cc1cc([C@@H](C)Nc2ccccc2C(=O)O)c2nc(N3CC4(CO)CCCC3C4)c(C)c(=O)n2c1. The van der Waals surface area contributed by atoms with Gasteiger partial charge in [0, 0.05) is 35.4 Å². The van der Waals surface area contributed by atoms with Gasteiger partial charge in [-0.3, -0.25) is 9.20 Å². The van der Waals surface area contributed by atoms with Crippen molar-refractivity contribution in [1.29, 1.82) is 0 Å². The zero-order valence-corrected chi connectivity index (χ0v) is 20.4. The van der Waals surface area contributed by atoms with Crippen LogP contribution in [0.1, 0.15) is 65.7 Å². The summed E-state index contributed by atoms with van der Waals surface area (Å²) in [6, 6.07) is 8.78. The topological polar surface area (TPSA) is 107 Å². The maximum Gasteiger partial charge on any atom is 0.337 e. The molecular formula is C27H32N4O4. The number of fused-ring (bicyclic) bond motifs is 3. The van der Waals surface area contributed by atoms with Gasteiger partial charge in [-0.1, -0.05) is 18.6 Å². The Morgan fingerprint density at radius 1 is 1.31 bits per heavy atom. The molecule has 3 N–H and O–H groups in total. The number of pyridine rings is 1. The second kappa shape index (κ2) is 8.68. The predicted molar refractivity (Wildman–Crippen MR) is 135 cm³/mol. The monoisotopic (exact) mass is 476 g/mol. The summed E-state index contributed by atoms with van der Waals surface area (Å²) in [5, 5.41) is 23.0. The molecule has 2 fully saturated rings. The van der Waals surface area contributed by atoms with E-state index in [0.29, 0.717) is 29.3 Å². The lowest BCUT2D eigenvalue weighted by Gasteiger charge is -2.29. The highest BCUT2D eigenvalue weighted by Gasteiger charge is 2.47. The van der Waals surface area contributed by atoms with E-state index in [0.717, 1.165) is 36.8 Å². The number of nitrogens with zero attached hydrogens (tertiary/aromatic N) is 3. The van der Waals surface area contributed by atoms with Crippen molar-refractivity contribution in [2.45, 2.75) is 58.5 Å². The molecule has 2 unspecified atom stereocenters. The van der Waals surface area contributed by atoms with Crippen molar-refractivity contribution in [1.82, 2.24) is 9.38 Å². The second-order valence-corrected chi connectivity index (χ2v) is 10.3. The Kier molecular flexibility index (Phi) is 5.79. The molecule has 1 saturated carbocycles. The van der Waals surface area contributed by atoms with E-state index >= 15 is 0 Å². The van der Waals surface area contributed by atoms with Gasteiger partial charge < -0.3 is 20.4 Å². The minimum absolute atomic E-state index is 0.104. The van der Waals surface area contributed by atoms with Crippen LogP contribution in [0.25, 0.3) is 5.65 Å². The van der Waals surface area contributed by atoms with Crippen molar-refractivity contribution in [2.75, 3.05) is 23.4 Å². The smallest absolute Gasteiger partial charge is 0.337 e. The van der Waals surface area contributed by atoms with Crippen LogP contribution in [-0.2, 0) is 0 Å². The molecule has 2 aliphatic rings. The Balaban J connectivity index is 1.61. The van der Waals surface area contributed by atoms with E-state index in [9.17, 15) is 19.8 Å². The first-order valence-corrected chi connectivity index (χ1v) is 12.2. The normalized spacial score (nSPS) is 22.4. The van der Waals surface area contributed by atoms with Crippen molar-refractivity contribution in [3.8, 4) is 0 Å². The number of rotatable bonds is 6. The molecule has 0 amide bonds. The van der Waals surface area contributed by atoms with Gasteiger partial charge in [0.2, 0.25) is 0 Å². The number of nitrogens with one attached hydrogen (secondary N) is 1. The molecule has 0 spiro atoms. The number of benzene rings is 1. The van der Waals surface area contributed by atoms with Crippen molar-refractivity contribution >= 4 is 23.1 Å². The number of hydrogen-bond donors (Lipinski definition) is 3. The van der Waals surface area contributed by atoms with Gasteiger partial charge in [0.05, 0.1) is 23.8 Å². The average Bonchev–Trinajstić information content (AvgIpc) is 3.11. The summed E-state index contributed by atoms with van der Waals surface area (Å²) >= 11 is 0. The molecule has 3 atom stereocenters. The first-order chi connectivity index (χ1) is 16.7. The number of para-hydroxylation sites is 1. The Morgan fingerprint density at radius 3 is 2.80 bits per heavy atom. The highest BCUT2D eigenvalue weighted by Crippen LogP contribution is 2.46. The van der Waals surface area contributed by atoms with Crippen LogP contribution < -0.4 is 15.8 Å². The number of aromatic nitrogens is 2. The van der Waals surface area contributed by atoms with E-state index in [1.54, 1.807) is 34.9 Å². The van der Waals surface area contributed by atoms with Gasteiger partial charge in [-0.15, -0.1) is 0 Å². The van der Waals surface area contributed by atoms with E-state index in [1.165, 1.54) is 0 Å². The van der Waals surface area contributed by atoms with Crippen LogP contribution in [0.2, 0.25) is 0 Å². The third-order valence-corrected chi connectivity index (χ3v) is 7.75. The minimum atomic E-state index is -1.00. The molecule has 1 aromatic carbocycles. The van der Waals surface area contributed by atoms with Gasteiger partial charge in [-0.25, -0.2) is 9.78 Å². The Bertz CT molecular complexity index is 1370. The fourth-order valence-corrected chi connectivity index (χ4v) is 5.95. The highest BCUT2D eigenvalue weighted by atomic mass is 16.4. The number of aliphatic hydroxyl groups excluding tert-OH is 1. The first kappa shape index (κ1) is 23.4. The number of aromatic carboxylic acids is 1. The third kappa shape index (κ3) is 3.95. The molecule has 5 rings (SSSR count). The standard InChI is InChI=1S/C27H32N4O4/c1-16-11-21(18(3)28-22-9-5-4-8-20(22)26(34)35)24-29-23(17(2)25(33)30(24)13-16)31-14-27(15-32)10-6-7-19(31)12-27/h4-5,8-9,11,13,18-19,28,32H,6-7,10,12,14-15H2,1-3H3,(H,34,35)/t18-,19?,27?/m1/s1. The lowest BCUT2D eigenvalue weighted by Crippen LogP contribution is -2.34. The number of carboxylic acids is 1. The largest absolute Gasteiger partial charge is 0.478 e. The zero-order chi connectivity index (χ0) is 24.9. The van der Waals surface area contributed by atoms with Crippen LogP contribution in [0.3, 0.4) is 0 Å². The molecule has 3 heterocycles. The summed E-state index contributed by atoms with van der Waals surface area (Å²) in [6.07, 6.45) is 5.83. The zero-order valence-electron chi connectivity index (χ0n) is 20.4. The lowest BCUT2D eigenvalue weighted by molar-refractivity contribution is 0.0698. The molecular weight excluding hydrogens is 444 g/mol. The van der Waals surface area contributed by atoms with E-state index in [4.69, 9.17) is 4.98 Å². The number of carboxylic acid groups (broad SMARTS) is 1. The maximum atomic E-state index is 13.5. The van der Waals surface area contributed by atoms with Gasteiger partial charge in [0.1, 0.15) is 11.5 Å². The molecule has 8 heteroatoms. The first-order valence-electron chi connectivity index (χ1n) is 12.2. The van der Waals surface area contributed by atoms with Gasteiger partial charge in [-0.2, -0.15) is 0 Å². The number of aliphatic hydroxyl groups is 1. The molecule has 1 saturated heterocycles. The second-order valence-electron chi connectivity index (χ2n) is 10.3. The third-order valence-electron chi connectivity index (χ3n) is 7.75. The fraction of sp³-hybridized carbons (Fsp3) is 0.444. The molecule has 8 nitrogen and oxygen atoms in total. The Hall–Kier alpha value is -3.39. The van der Waals surface area contributed by atoms with E-state index in [2.05, 4.69) is 10.2 Å². The van der Waals surface area contributed by atoms with Crippen LogP contribution in [0.15, 0.2) is 41.3 Å². The van der Waals surface area contributed by atoms with Gasteiger partial charge in [-0.05, 0) is 63.8 Å². The maximum absolute atomic E-state index is 13.5. The Morgan fingerprint density at radius 2 is 2.09 bits per heavy atom. The molecule has 1 aliphatic heterocycles. The number of anilines is 2. The van der Waals surface area contributed by atoms with Crippen LogP contribution in [0, 0.1) is 19.3 Å². The van der Waals surface area contributed by atoms with Crippen molar-refractivity contribution in [3.05, 3.63) is 69.1 Å². The van der Waals surface area contributed by atoms with E-state index in [-0.39, 0.29) is 35.2 Å². The van der Waals surface area contributed by atoms with Crippen LogP contribution in [0.4, 0.5) is 11.5 Å². The quantitative estimate of drug-likeness (QED) is 0.495. The summed E-state index contributed by atoms with van der Waals surface area (Å²) in [5.74, 6) is -0.305. The van der Waals surface area contributed by atoms with Crippen LogP contribution in [0.5, 0.6) is 0 Å². The van der Waals surface area contributed by atoms with E-state index < -0.39 is 5.97 Å². The van der Waals surface area contributed by atoms with Crippen LogP contribution >= 0.6 is 0 Å². The van der Waals surface area contributed by atoms with Crippen molar-refractivity contribution < 1.29 is 15.0 Å². The molecule has 184 valence electrons.